The molecule has 105 heavy (non-hydrogen) atoms. The molecule has 2 unspecified atom stereocenters. The molecule has 5 aliphatic rings. The summed E-state index contributed by atoms with van der Waals surface area (Å²) in [5, 5.41) is 10.3. The van der Waals surface area contributed by atoms with Crippen LogP contribution in [0.3, 0.4) is 0 Å². The second-order valence-electron chi connectivity index (χ2n) is 25.9. The van der Waals surface area contributed by atoms with Gasteiger partial charge in [-0.1, -0.05) is 20.8 Å². The van der Waals surface area contributed by atoms with Crippen LogP contribution in [0.4, 0.5) is 4.70 Å². The zero-order valence-electron chi connectivity index (χ0n) is 65.9. The molecule has 0 saturated carbocycles. The molecule has 606 valence electrons. The van der Waals surface area contributed by atoms with Gasteiger partial charge < -0.3 is 72.0 Å². The average Bonchev–Trinajstić information content (AvgIpc) is 1.67. The van der Waals surface area contributed by atoms with Crippen molar-refractivity contribution in [1.82, 2.24) is 39.5 Å². The Morgan fingerprint density at radius 1 is 0.619 bits per heavy atom. The molecule has 0 radical (unpaired) electrons. The van der Waals surface area contributed by atoms with Crippen molar-refractivity contribution in [3.63, 3.8) is 0 Å². The topological polar surface area (TPSA) is 366 Å². The molecular weight excluding hydrogens is 1470 g/mol. The van der Waals surface area contributed by atoms with Gasteiger partial charge in [0.2, 0.25) is 19.2 Å². The summed E-state index contributed by atoms with van der Waals surface area (Å²) in [4.78, 5) is 75.9. The fraction of sp³-hybridized carbons (Fsp3) is 0.735. The molecule has 5 N–H and O–H groups in total. The number of hydrogen-bond donors (Lipinski definition) is 3. The van der Waals surface area contributed by atoms with E-state index in [-0.39, 0.29) is 86.2 Å². The van der Waals surface area contributed by atoms with E-state index in [0.29, 0.717) is 44.0 Å². The summed E-state index contributed by atoms with van der Waals surface area (Å²) >= 11 is 0. The number of rotatable bonds is 33. The Morgan fingerprint density at radius 3 is 1.45 bits per heavy atom. The lowest BCUT2D eigenvalue weighted by atomic mass is 9.99. The Labute approximate surface area is 627 Å². The number of aliphatic hydroxyl groups is 1. The molecule has 1 aromatic heterocycles. The van der Waals surface area contributed by atoms with Crippen LogP contribution in [0.2, 0.25) is 0 Å². The van der Waals surface area contributed by atoms with Gasteiger partial charge in [0.15, 0.2) is 30.3 Å². The van der Waals surface area contributed by atoms with E-state index in [1.807, 2.05) is 27.4 Å². The summed E-state index contributed by atoms with van der Waals surface area (Å²) in [5.41, 5.74) is -1.15. The number of nitrogens with zero attached hydrogens (tertiary/aromatic N) is 6. The Kier molecular flexibility index (Phi) is 53.4. The van der Waals surface area contributed by atoms with Gasteiger partial charge in [-0.3, -0.25) is 66.6 Å². The number of methoxy groups -OCH3 is 3. The second-order valence-corrected chi connectivity index (χ2v) is 32.6. The van der Waals surface area contributed by atoms with Gasteiger partial charge in [-0.25, -0.2) is 13.9 Å². The van der Waals surface area contributed by atoms with Crippen molar-refractivity contribution in [2.24, 2.45) is 5.92 Å². The van der Waals surface area contributed by atoms with Gasteiger partial charge in [0.05, 0.1) is 44.7 Å². The van der Waals surface area contributed by atoms with Gasteiger partial charge in [-0.05, 0) is 145 Å². The highest BCUT2D eigenvalue weighted by atomic mass is 31.2. The zero-order valence-corrected chi connectivity index (χ0v) is 70.4. The van der Waals surface area contributed by atoms with Crippen molar-refractivity contribution in [3.8, 4) is 0 Å². The van der Waals surface area contributed by atoms with Gasteiger partial charge in [0, 0.05) is 138 Å². The van der Waals surface area contributed by atoms with Crippen LogP contribution in [0.1, 0.15) is 136 Å². The number of amides is 2. The molecule has 3 saturated heterocycles. The molecule has 37 heteroatoms. The minimum atomic E-state index is -2.99. The van der Waals surface area contributed by atoms with E-state index >= 15 is 0 Å². The van der Waals surface area contributed by atoms with E-state index in [1.54, 1.807) is 47.7 Å². The molecule has 0 aliphatic carbocycles. The highest BCUT2D eigenvalue weighted by molar-refractivity contribution is 7.61. The number of aromatic amines is 1. The Bertz CT molecular complexity index is 2870. The van der Waals surface area contributed by atoms with Crippen LogP contribution < -0.4 is 17.4 Å². The van der Waals surface area contributed by atoms with E-state index in [4.69, 9.17) is 42.2 Å². The van der Waals surface area contributed by atoms with Crippen LogP contribution in [-0.2, 0) is 93.6 Å². The Balaban J connectivity index is 0. The van der Waals surface area contributed by atoms with Gasteiger partial charge in [0.1, 0.15) is 51.0 Å². The van der Waals surface area contributed by atoms with Crippen molar-refractivity contribution in [2.75, 3.05) is 89.1 Å². The maximum Gasteiger partial charge on any atom is 0.395 e. The number of H-pyrrole nitrogens is 1. The molecule has 0 spiro atoms. The first-order valence-corrected chi connectivity index (χ1v) is 41.3. The monoisotopic (exact) mass is 1590 g/mol. The number of hydrogen-bond acceptors (Lipinski definition) is 27. The third kappa shape index (κ3) is 34.3. The van der Waals surface area contributed by atoms with Crippen molar-refractivity contribution in [1.29, 1.82) is 0 Å². The van der Waals surface area contributed by atoms with E-state index in [1.165, 1.54) is 83.1 Å². The molecular formula is C68H124FN8O23P5. The number of aromatic nitrogens is 2. The summed E-state index contributed by atoms with van der Waals surface area (Å²) in [6.07, 6.45) is 7.43. The number of ketones is 2. The molecule has 2 amide bonds. The highest BCUT2D eigenvalue weighted by Crippen LogP contribution is 2.50. The molecule has 31 nitrogen and oxygen atoms in total. The minimum Gasteiger partial charge on any atom is -0.416 e. The first-order chi connectivity index (χ1) is 48.6. The van der Waals surface area contributed by atoms with E-state index < -0.39 is 106 Å². The van der Waals surface area contributed by atoms with Crippen molar-refractivity contribution < 1.29 is 103 Å². The maximum absolute atomic E-state index is 12.6. The van der Waals surface area contributed by atoms with Crippen LogP contribution in [0.15, 0.2) is 83.0 Å². The molecule has 0 bridgehead atoms. The quantitative estimate of drug-likeness (QED) is 0.0255. The van der Waals surface area contributed by atoms with Crippen LogP contribution in [-0.4, -0.2) is 248 Å². The summed E-state index contributed by atoms with van der Waals surface area (Å²) in [6.45, 7) is 40.1. The SMILES string of the molecule is CC(C)N(C(C)C)P(C)N(C(C)C)C(C)C.CCCO[C@@H]1[C@H](C)[C@@H](/C=C/OP=O)O[C@H]1N1C=CC(=O)CC1=O.CCCO[C@@H]1[C@H](O)[C@@H](/C=C/OP=O)O[C@H]1N1C=CC(=O)CC1=O.COC.COC.COCCO[C@@H]1[C@H](OP(C)N(C(C)C)C(C)C)[C@@H](/C=C/P(C)(=O)OC)O[C@H]1n1ccc(=O)[nH]c1=O.F.N. The number of carbonyl (C=O) groups is 4. The molecule has 14 atom stereocenters. The zero-order chi connectivity index (χ0) is 78.4. The maximum atomic E-state index is 12.6. The van der Waals surface area contributed by atoms with E-state index in [2.05, 4.69) is 127 Å². The van der Waals surface area contributed by atoms with Crippen LogP contribution in [0.5, 0.6) is 0 Å². The molecule has 3 fully saturated rings. The van der Waals surface area contributed by atoms with Crippen molar-refractivity contribution >= 4 is 64.6 Å². The van der Waals surface area contributed by atoms with Crippen molar-refractivity contribution in [2.45, 2.75) is 233 Å². The third-order valence-corrected chi connectivity index (χ3v) is 22.7. The third-order valence-electron chi connectivity index (χ3n) is 15.6. The van der Waals surface area contributed by atoms with Gasteiger partial charge in [-0.2, -0.15) is 0 Å². The average molecular weight is 1600 g/mol. The van der Waals surface area contributed by atoms with Gasteiger partial charge >= 0.3 is 23.1 Å². The van der Waals surface area contributed by atoms with Gasteiger partial charge in [0.25, 0.3) is 5.56 Å². The Hall–Kier alpha value is -4.16. The fourth-order valence-corrected chi connectivity index (χ4v) is 17.5. The molecule has 5 aliphatic heterocycles. The molecule has 1 aromatic rings. The smallest absolute Gasteiger partial charge is 0.395 e. The molecule has 6 rings (SSSR count). The predicted molar refractivity (Wildman–Crippen MR) is 406 cm³/mol. The Morgan fingerprint density at radius 2 is 1.04 bits per heavy atom. The number of allylic oxidation sites excluding steroid dienone is 2. The van der Waals surface area contributed by atoms with Crippen LogP contribution in [0.25, 0.3) is 0 Å². The van der Waals surface area contributed by atoms with Gasteiger partial charge in [-0.15, -0.1) is 0 Å². The lowest BCUT2D eigenvalue weighted by Gasteiger charge is -2.45. The molecule has 0 aromatic carbocycles. The first-order valence-electron chi connectivity index (χ1n) is 34.4. The van der Waals surface area contributed by atoms with E-state index in [0.717, 1.165) is 19.1 Å². The van der Waals surface area contributed by atoms with Crippen molar-refractivity contribution in [3.05, 3.63) is 94.2 Å². The molecule has 6 heterocycles. The van der Waals surface area contributed by atoms with Crippen LogP contribution >= 0.6 is 41.3 Å². The summed E-state index contributed by atoms with van der Waals surface area (Å²) in [7, 11) is 4.20. The number of halogens is 1. The number of carbonyl (C=O) groups excluding carboxylic acids is 4. The largest absolute Gasteiger partial charge is 0.416 e. The number of ether oxygens (including phenoxy) is 9. The highest BCUT2D eigenvalue weighted by Gasteiger charge is 2.50. The fourth-order valence-electron chi connectivity index (χ4n) is 11.7. The minimum absolute atomic E-state index is 0. The summed E-state index contributed by atoms with van der Waals surface area (Å²) < 4.78 is 112. The summed E-state index contributed by atoms with van der Waals surface area (Å²) in [5.74, 6) is 0.211. The standard InChI is InChI=1S/C22H39N3O8P2.C15H20NO6P.C14H18NO7P.C13H31N2P.2C2H6O.FH.H3N/c1-15(2)25(16(3)4)34(7)33-19-17(10-14-35(8,28)30-6)32-21(20(19)31-13-12-29-5)24-11-9-18(26)23-22(24)27;1-3-7-20-14-10(2)12(5-8-21-23-19)22-15(14)16-6-4-11(17)9-13(16)18;1-2-6-20-13-12(18)10(4-7-21-23-19)22-14(13)15-5-3-9(16)8-11(15)17;1-10(2)14(11(3)4)16(9)15(12(5)6)13(7)8;2*1-3-2;;/h9-11,14-17,19-21H,12-13H2,1-8H3,(H,23,26,27);4-6,8,10,12,14-15H,3,7,9H2,1-2H3;3-5,7,10,12-14,18H,2,6,8H2,1H3;10-13H,1-9H3;2*1-2H3;1H;1H3/b14-10+;8-5+;7-4+;;;;;/t17-,19-,20-,21-,34?,35?;10-,12-,14-,15-;10-,12-,13-,14-;;;;;/m111...../s1. The first kappa shape index (κ1) is 103. The second kappa shape index (κ2) is 54.5. The normalized spacial score (nSPS) is 24.8. The lowest BCUT2D eigenvalue weighted by Crippen LogP contribution is -2.47. The number of nitrogens with one attached hydrogen (secondary N) is 1. The number of aliphatic hydroxyl groups excluding tert-OH is 1. The predicted octanol–water partition coefficient (Wildman–Crippen LogP) is 11.1. The van der Waals surface area contributed by atoms with E-state index in [9.17, 15) is 47.6 Å². The lowest BCUT2D eigenvalue weighted by molar-refractivity contribution is -0.150. The summed E-state index contributed by atoms with van der Waals surface area (Å²) in [6, 6.07) is 4.20. The van der Waals surface area contributed by atoms with Crippen LogP contribution in [0, 0.1) is 5.92 Å².